The molecule has 0 heterocycles. The molecule has 0 spiro atoms. The van der Waals surface area contributed by atoms with Crippen LogP contribution in [-0.4, -0.2) is 17.0 Å². The first kappa shape index (κ1) is 14.4. The average Bonchev–Trinajstić information content (AvgIpc) is 3.30. The van der Waals surface area contributed by atoms with Crippen molar-refractivity contribution in [2.24, 2.45) is 11.8 Å². The summed E-state index contributed by atoms with van der Waals surface area (Å²) in [4.78, 5) is 0. The van der Waals surface area contributed by atoms with Gasteiger partial charge in [0, 0.05) is 17.0 Å². The lowest BCUT2D eigenvalue weighted by molar-refractivity contribution is 0.499. The van der Waals surface area contributed by atoms with Crippen LogP contribution in [0, 0.1) is 5.92 Å². The molecule has 110 valence electrons. The van der Waals surface area contributed by atoms with Crippen LogP contribution >= 0.6 is 11.8 Å². The number of thioether (sulfide) groups is 1. The summed E-state index contributed by atoms with van der Waals surface area (Å²) in [6.07, 6.45) is 8.41. The van der Waals surface area contributed by atoms with Gasteiger partial charge in [0.2, 0.25) is 0 Å². The maximum absolute atomic E-state index is 5.81. The largest absolute Gasteiger partial charge is 0.271 e. The maximum Gasteiger partial charge on any atom is 0.0335 e. The van der Waals surface area contributed by atoms with Crippen LogP contribution in [0.15, 0.2) is 30.3 Å². The minimum atomic E-state index is 0.479. The Hall–Kier alpha value is -0.510. The van der Waals surface area contributed by atoms with Crippen LogP contribution in [0.3, 0.4) is 0 Å². The molecule has 1 aromatic carbocycles. The molecule has 3 unspecified atom stereocenters. The summed E-state index contributed by atoms with van der Waals surface area (Å²) in [5.74, 6) is 8.44. The molecule has 2 aliphatic rings. The summed E-state index contributed by atoms with van der Waals surface area (Å²) in [5, 5.41) is 0.883. The van der Waals surface area contributed by atoms with E-state index in [0.717, 1.165) is 17.1 Å². The van der Waals surface area contributed by atoms with Crippen molar-refractivity contribution in [2.45, 2.75) is 55.7 Å². The number of hydrazine groups is 1. The van der Waals surface area contributed by atoms with Crippen LogP contribution in [0.2, 0.25) is 0 Å². The highest BCUT2D eigenvalue weighted by molar-refractivity contribution is 7.99. The van der Waals surface area contributed by atoms with Crippen molar-refractivity contribution in [1.82, 2.24) is 5.43 Å². The number of hydrogen-bond acceptors (Lipinski definition) is 3. The van der Waals surface area contributed by atoms with Crippen LogP contribution in [-0.2, 0) is 0 Å². The van der Waals surface area contributed by atoms with E-state index in [1.165, 1.54) is 49.8 Å². The Balaban J connectivity index is 1.48. The standard InChI is InChI=1S/C17H26N2S/c18-19-17(12-20-14-9-5-2-6-10-14)16-11-15(16)13-7-3-1-4-8-13/h1,3-4,7-8,14-17,19H,2,5-6,9-12,18H2. The molecule has 1 aromatic rings. The molecular weight excluding hydrogens is 264 g/mol. The van der Waals surface area contributed by atoms with Gasteiger partial charge in [0.25, 0.3) is 0 Å². The highest BCUT2D eigenvalue weighted by Crippen LogP contribution is 2.50. The third kappa shape index (κ3) is 3.57. The van der Waals surface area contributed by atoms with Crippen molar-refractivity contribution in [3.05, 3.63) is 35.9 Å². The first-order valence-electron chi connectivity index (χ1n) is 8.01. The van der Waals surface area contributed by atoms with Gasteiger partial charge in [-0.3, -0.25) is 11.3 Å². The van der Waals surface area contributed by atoms with Gasteiger partial charge in [0.15, 0.2) is 0 Å². The lowest BCUT2D eigenvalue weighted by Crippen LogP contribution is -2.39. The summed E-state index contributed by atoms with van der Waals surface area (Å²) in [5.41, 5.74) is 4.57. The van der Waals surface area contributed by atoms with Gasteiger partial charge < -0.3 is 0 Å². The molecule has 0 aliphatic heterocycles. The molecule has 3 rings (SSSR count). The summed E-state index contributed by atoms with van der Waals surface area (Å²) in [7, 11) is 0. The van der Waals surface area contributed by atoms with Crippen molar-refractivity contribution >= 4 is 11.8 Å². The van der Waals surface area contributed by atoms with E-state index in [2.05, 4.69) is 47.5 Å². The normalized spacial score (nSPS) is 28.2. The Morgan fingerprint density at radius 3 is 2.60 bits per heavy atom. The maximum atomic E-state index is 5.81. The third-order valence-electron chi connectivity index (χ3n) is 4.86. The molecule has 0 bridgehead atoms. The van der Waals surface area contributed by atoms with E-state index in [1.807, 2.05) is 0 Å². The number of benzene rings is 1. The zero-order chi connectivity index (χ0) is 13.8. The van der Waals surface area contributed by atoms with E-state index >= 15 is 0 Å². The van der Waals surface area contributed by atoms with E-state index in [-0.39, 0.29) is 0 Å². The molecule has 3 atom stereocenters. The van der Waals surface area contributed by atoms with Gasteiger partial charge >= 0.3 is 0 Å². The highest BCUT2D eigenvalue weighted by Gasteiger charge is 2.43. The minimum absolute atomic E-state index is 0.479. The lowest BCUT2D eigenvalue weighted by atomic mass is 10.0. The summed E-state index contributed by atoms with van der Waals surface area (Å²) in [6.45, 7) is 0. The molecule has 0 aromatic heterocycles. The van der Waals surface area contributed by atoms with E-state index in [9.17, 15) is 0 Å². The van der Waals surface area contributed by atoms with Crippen molar-refractivity contribution in [2.75, 3.05) is 5.75 Å². The van der Waals surface area contributed by atoms with E-state index in [1.54, 1.807) is 0 Å². The van der Waals surface area contributed by atoms with Crippen LogP contribution in [0.5, 0.6) is 0 Å². The van der Waals surface area contributed by atoms with Gasteiger partial charge in [-0.15, -0.1) is 0 Å². The molecule has 0 radical (unpaired) electrons. The first-order valence-corrected chi connectivity index (χ1v) is 9.06. The zero-order valence-corrected chi connectivity index (χ0v) is 12.9. The Labute approximate surface area is 126 Å². The van der Waals surface area contributed by atoms with Crippen molar-refractivity contribution in [1.29, 1.82) is 0 Å². The van der Waals surface area contributed by atoms with Gasteiger partial charge in [0.05, 0.1) is 0 Å². The number of nitrogens with one attached hydrogen (secondary N) is 1. The summed E-state index contributed by atoms with van der Waals surface area (Å²) >= 11 is 2.15. The van der Waals surface area contributed by atoms with Crippen molar-refractivity contribution in [3.63, 3.8) is 0 Å². The van der Waals surface area contributed by atoms with Crippen LogP contribution < -0.4 is 11.3 Å². The monoisotopic (exact) mass is 290 g/mol. The second-order valence-corrected chi connectivity index (χ2v) is 7.62. The van der Waals surface area contributed by atoms with Crippen molar-refractivity contribution < 1.29 is 0 Å². The predicted octanol–water partition coefficient (Wildman–Crippen LogP) is 3.69. The van der Waals surface area contributed by atoms with Crippen LogP contribution in [0.4, 0.5) is 0 Å². The Bertz CT molecular complexity index is 403. The second-order valence-electron chi connectivity index (χ2n) is 6.28. The third-order valence-corrected chi connectivity index (χ3v) is 6.36. The lowest BCUT2D eigenvalue weighted by Gasteiger charge is -2.24. The topological polar surface area (TPSA) is 38.0 Å². The summed E-state index contributed by atoms with van der Waals surface area (Å²) in [6, 6.07) is 11.4. The molecule has 3 heteroatoms. The number of rotatable bonds is 6. The second kappa shape index (κ2) is 6.97. The average molecular weight is 290 g/mol. The summed E-state index contributed by atoms with van der Waals surface area (Å²) < 4.78 is 0. The van der Waals surface area contributed by atoms with Crippen molar-refractivity contribution in [3.8, 4) is 0 Å². The molecule has 2 aliphatic carbocycles. The van der Waals surface area contributed by atoms with Crippen LogP contribution in [0.1, 0.15) is 50.0 Å². The van der Waals surface area contributed by atoms with E-state index in [0.29, 0.717) is 6.04 Å². The van der Waals surface area contributed by atoms with Gasteiger partial charge in [0.1, 0.15) is 0 Å². The molecule has 2 fully saturated rings. The molecule has 0 amide bonds. The van der Waals surface area contributed by atoms with Gasteiger partial charge in [-0.05, 0) is 36.7 Å². The Morgan fingerprint density at radius 2 is 1.90 bits per heavy atom. The van der Waals surface area contributed by atoms with Crippen LogP contribution in [0.25, 0.3) is 0 Å². The molecule has 20 heavy (non-hydrogen) atoms. The molecule has 3 N–H and O–H groups in total. The molecular formula is C17H26N2S. The molecule has 2 nitrogen and oxygen atoms in total. The Kier molecular flexibility index (Phi) is 5.03. The van der Waals surface area contributed by atoms with E-state index in [4.69, 9.17) is 5.84 Å². The highest BCUT2D eigenvalue weighted by atomic mass is 32.2. The molecule has 0 saturated heterocycles. The smallest absolute Gasteiger partial charge is 0.0335 e. The number of hydrogen-bond donors (Lipinski definition) is 2. The minimum Gasteiger partial charge on any atom is -0.271 e. The SMILES string of the molecule is NNC(CSC1CCCCC1)C1CC1c1ccccc1. The quantitative estimate of drug-likeness (QED) is 0.620. The van der Waals surface area contributed by atoms with Gasteiger partial charge in [-0.2, -0.15) is 11.8 Å². The fourth-order valence-corrected chi connectivity index (χ4v) is 5.00. The first-order chi connectivity index (χ1) is 9.88. The number of nitrogens with two attached hydrogens (primary N) is 1. The Morgan fingerprint density at radius 1 is 1.15 bits per heavy atom. The van der Waals surface area contributed by atoms with E-state index < -0.39 is 0 Å². The van der Waals surface area contributed by atoms with Gasteiger partial charge in [-0.25, -0.2) is 0 Å². The van der Waals surface area contributed by atoms with Gasteiger partial charge in [-0.1, -0.05) is 49.6 Å². The predicted molar refractivity (Wildman–Crippen MR) is 87.7 cm³/mol. The fourth-order valence-electron chi connectivity index (χ4n) is 3.51. The molecule has 2 saturated carbocycles. The fraction of sp³-hybridized carbons (Fsp3) is 0.647. The zero-order valence-electron chi connectivity index (χ0n) is 12.1.